The Morgan fingerprint density at radius 2 is 2.09 bits per heavy atom. The molecular weight excluding hydrogens is 351 g/mol. The number of nitrogens with zero attached hydrogens (tertiary/aromatic N) is 1. The molecule has 0 aliphatic carbocycles. The number of benzene rings is 1. The molecule has 0 unspecified atom stereocenters. The smallest absolute Gasteiger partial charge is 0.304 e. The van der Waals surface area contributed by atoms with Crippen molar-refractivity contribution < 1.29 is 14.3 Å². The summed E-state index contributed by atoms with van der Waals surface area (Å²) in [6, 6.07) is 7.81. The molecule has 4 nitrogen and oxygen atoms in total. The lowest BCUT2D eigenvalue weighted by molar-refractivity contribution is -0.137. The Morgan fingerprint density at radius 3 is 2.77 bits per heavy atom. The molecule has 1 atom stereocenters. The van der Waals surface area contributed by atoms with Crippen molar-refractivity contribution in [2.24, 2.45) is 0 Å². The Hall–Kier alpha value is -2.21. The van der Waals surface area contributed by atoms with Crippen LogP contribution in [0.15, 0.2) is 47.2 Å². The predicted octanol–water partition coefficient (Wildman–Crippen LogP) is 4.07. The van der Waals surface area contributed by atoms with E-state index in [1.807, 2.05) is 6.07 Å². The molecule has 2 aromatic heterocycles. The summed E-state index contributed by atoms with van der Waals surface area (Å²) in [4.78, 5) is 18.6. The van der Waals surface area contributed by atoms with Crippen molar-refractivity contribution in [2.75, 3.05) is 0 Å². The molecule has 0 saturated heterocycles. The SMILES string of the molecule is O=C(O)C[C@@H](c1ccc(F)cc1)c1c[nH]c2ncc(Br)cc12. The highest BCUT2D eigenvalue weighted by atomic mass is 79.9. The van der Waals surface area contributed by atoms with Crippen LogP contribution in [-0.2, 0) is 4.79 Å². The number of aliphatic carboxylic acids is 1. The van der Waals surface area contributed by atoms with Crippen LogP contribution in [0.2, 0.25) is 0 Å². The second-order valence-corrected chi connectivity index (χ2v) is 5.91. The number of carboxylic acid groups (broad SMARTS) is 1. The summed E-state index contributed by atoms with van der Waals surface area (Å²) in [5, 5.41) is 10.1. The van der Waals surface area contributed by atoms with Crippen LogP contribution in [0.25, 0.3) is 11.0 Å². The Morgan fingerprint density at radius 1 is 1.36 bits per heavy atom. The van der Waals surface area contributed by atoms with Gasteiger partial charge in [-0.15, -0.1) is 0 Å². The second-order valence-electron chi connectivity index (χ2n) is 5.00. The van der Waals surface area contributed by atoms with E-state index >= 15 is 0 Å². The van der Waals surface area contributed by atoms with Gasteiger partial charge in [0.1, 0.15) is 11.5 Å². The van der Waals surface area contributed by atoms with E-state index in [1.54, 1.807) is 24.5 Å². The van der Waals surface area contributed by atoms with E-state index in [-0.39, 0.29) is 18.2 Å². The van der Waals surface area contributed by atoms with Gasteiger partial charge in [0.25, 0.3) is 0 Å². The zero-order valence-corrected chi connectivity index (χ0v) is 13.0. The van der Waals surface area contributed by atoms with E-state index in [2.05, 4.69) is 25.9 Å². The maximum atomic E-state index is 13.1. The van der Waals surface area contributed by atoms with Gasteiger partial charge < -0.3 is 10.1 Å². The molecule has 6 heteroatoms. The monoisotopic (exact) mass is 362 g/mol. The highest BCUT2D eigenvalue weighted by Gasteiger charge is 2.21. The van der Waals surface area contributed by atoms with Gasteiger partial charge >= 0.3 is 5.97 Å². The number of pyridine rings is 1. The van der Waals surface area contributed by atoms with E-state index in [9.17, 15) is 14.3 Å². The van der Waals surface area contributed by atoms with E-state index in [0.717, 1.165) is 21.0 Å². The van der Waals surface area contributed by atoms with Crippen LogP contribution in [0.1, 0.15) is 23.5 Å². The fourth-order valence-corrected chi connectivity index (χ4v) is 2.89. The molecule has 3 aromatic rings. The number of halogens is 2. The lowest BCUT2D eigenvalue weighted by atomic mass is 9.88. The molecule has 0 radical (unpaired) electrons. The zero-order chi connectivity index (χ0) is 15.7. The number of carboxylic acids is 1. The van der Waals surface area contributed by atoms with Crippen LogP contribution >= 0.6 is 15.9 Å². The number of rotatable bonds is 4. The van der Waals surface area contributed by atoms with Crippen molar-refractivity contribution >= 4 is 32.9 Å². The average Bonchev–Trinajstić information content (AvgIpc) is 2.88. The lowest BCUT2D eigenvalue weighted by Gasteiger charge is -2.15. The number of carbonyl (C=O) groups is 1. The summed E-state index contributed by atoms with van der Waals surface area (Å²) >= 11 is 3.37. The molecule has 0 aliphatic heterocycles. The van der Waals surface area contributed by atoms with Crippen molar-refractivity contribution in [3.8, 4) is 0 Å². The molecular formula is C16H12BrFN2O2. The molecule has 0 saturated carbocycles. The van der Waals surface area contributed by atoms with Crippen molar-refractivity contribution in [2.45, 2.75) is 12.3 Å². The molecule has 2 N–H and O–H groups in total. The third kappa shape index (κ3) is 2.87. The largest absolute Gasteiger partial charge is 0.481 e. The third-order valence-electron chi connectivity index (χ3n) is 3.56. The standard InChI is InChI=1S/C16H12BrFN2O2/c17-10-5-13-14(8-20-16(13)19-7-10)12(6-15(21)22)9-1-3-11(18)4-2-9/h1-5,7-8,12H,6H2,(H,19,20)(H,21,22)/t12-/m0/s1. The number of nitrogens with one attached hydrogen (secondary N) is 1. The van der Waals surface area contributed by atoms with E-state index in [0.29, 0.717) is 5.65 Å². The molecule has 2 heterocycles. The molecule has 0 amide bonds. The van der Waals surface area contributed by atoms with E-state index in [4.69, 9.17) is 0 Å². The Kier molecular flexibility index (Phi) is 3.94. The first-order chi connectivity index (χ1) is 10.5. The molecule has 1 aromatic carbocycles. The van der Waals surface area contributed by atoms with Gasteiger partial charge in [0, 0.05) is 28.2 Å². The van der Waals surface area contributed by atoms with Crippen LogP contribution < -0.4 is 0 Å². The number of fused-ring (bicyclic) bond motifs is 1. The minimum absolute atomic E-state index is 0.0783. The Labute approximate surface area is 134 Å². The minimum Gasteiger partial charge on any atom is -0.481 e. The summed E-state index contributed by atoms with van der Waals surface area (Å²) < 4.78 is 13.9. The first kappa shape index (κ1) is 14.7. The van der Waals surface area contributed by atoms with Crippen molar-refractivity contribution in [1.82, 2.24) is 9.97 Å². The van der Waals surface area contributed by atoms with Crippen LogP contribution in [0.4, 0.5) is 4.39 Å². The number of aromatic amines is 1. The Balaban J connectivity index is 2.13. The summed E-state index contributed by atoms with van der Waals surface area (Å²) in [6.45, 7) is 0. The predicted molar refractivity (Wildman–Crippen MR) is 84.3 cm³/mol. The Bertz CT molecular complexity index is 830. The zero-order valence-electron chi connectivity index (χ0n) is 11.4. The van der Waals surface area contributed by atoms with E-state index in [1.165, 1.54) is 12.1 Å². The third-order valence-corrected chi connectivity index (χ3v) is 3.99. The number of hydrogen-bond donors (Lipinski definition) is 2. The normalized spacial score (nSPS) is 12.5. The van der Waals surface area contributed by atoms with Gasteiger partial charge in [-0.2, -0.15) is 0 Å². The van der Waals surface area contributed by atoms with Gasteiger partial charge in [-0.3, -0.25) is 4.79 Å². The number of hydrogen-bond acceptors (Lipinski definition) is 2. The van der Waals surface area contributed by atoms with Crippen LogP contribution in [0, 0.1) is 5.82 Å². The molecule has 112 valence electrons. The average molecular weight is 363 g/mol. The van der Waals surface area contributed by atoms with Gasteiger partial charge in [-0.05, 0) is 45.3 Å². The fraction of sp³-hybridized carbons (Fsp3) is 0.125. The summed E-state index contributed by atoms with van der Waals surface area (Å²) in [7, 11) is 0. The maximum absolute atomic E-state index is 13.1. The molecule has 0 aliphatic rings. The molecule has 0 fully saturated rings. The van der Waals surface area contributed by atoms with Gasteiger partial charge in [-0.1, -0.05) is 12.1 Å². The van der Waals surface area contributed by atoms with Gasteiger partial charge in [0.15, 0.2) is 0 Å². The molecule has 22 heavy (non-hydrogen) atoms. The fourth-order valence-electron chi connectivity index (χ4n) is 2.56. The molecule has 0 spiro atoms. The van der Waals surface area contributed by atoms with Gasteiger partial charge in [0.05, 0.1) is 6.42 Å². The van der Waals surface area contributed by atoms with Crippen molar-refractivity contribution in [3.63, 3.8) is 0 Å². The van der Waals surface area contributed by atoms with Crippen LogP contribution in [0.3, 0.4) is 0 Å². The van der Waals surface area contributed by atoms with Gasteiger partial charge in [-0.25, -0.2) is 9.37 Å². The highest BCUT2D eigenvalue weighted by molar-refractivity contribution is 9.10. The summed E-state index contributed by atoms with van der Waals surface area (Å²) in [6.07, 6.45) is 3.36. The lowest BCUT2D eigenvalue weighted by Crippen LogP contribution is -2.07. The number of aromatic nitrogens is 2. The number of H-pyrrole nitrogens is 1. The topological polar surface area (TPSA) is 66.0 Å². The van der Waals surface area contributed by atoms with Crippen molar-refractivity contribution in [3.05, 3.63) is 64.1 Å². The van der Waals surface area contributed by atoms with Crippen LogP contribution in [0.5, 0.6) is 0 Å². The second kappa shape index (κ2) is 5.88. The molecule has 3 rings (SSSR count). The summed E-state index contributed by atoms with van der Waals surface area (Å²) in [5.74, 6) is -1.63. The first-order valence-electron chi connectivity index (χ1n) is 6.64. The van der Waals surface area contributed by atoms with Gasteiger partial charge in [0.2, 0.25) is 0 Å². The van der Waals surface area contributed by atoms with Crippen LogP contribution in [-0.4, -0.2) is 21.0 Å². The highest BCUT2D eigenvalue weighted by Crippen LogP contribution is 2.33. The first-order valence-corrected chi connectivity index (χ1v) is 7.43. The molecule has 0 bridgehead atoms. The van der Waals surface area contributed by atoms with E-state index < -0.39 is 5.97 Å². The van der Waals surface area contributed by atoms with Crippen molar-refractivity contribution in [1.29, 1.82) is 0 Å². The quantitative estimate of drug-likeness (QED) is 0.734. The minimum atomic E-state index is -0.911. The summed E-state index contributed by atoms with van der Waals surface area (Å²) in [5.41, 5.74) is 2.28. The maximum Gasteiger partial charge on any atom is 0.304 e.